The van der Waals surface area contributed by atoms with E-state index in [0.29, 0.717) is 43.0 Å². The summed E-state index contributed by atoms with van der Waals surface area (Å²) in [7, 11) is -3.21. The maximum atomic E-state index is 12.9. The quantitative estimate of drug-likeness (QED) is 0.682. The second kappa shape index (κ2) is 9.51. The van der Waals surface area contributed by atoms with Crippen molar-refractivity contribution >= 4 is 27.4 Å². The van der Waals surface area contributed by atoms with Crippen LogP contribution in [0.25, 0.3) is 0 Å². The van der Waals surface area contributed by atoms with Gasteiger partial charge in [0.05, 0.1) is 17.5 Å². The molecule has 1 amide bonds. The number of rotatable bonds is 7. The first kappa shape index (κ1) is 22.1. The van der Waals surface area contributed by atoms with E-state index < -0.39 is 16.1 Å². The first-order chi connectivity index (χ1) is 14.3. The minimum atomic E-state index is -3.21. The molecule has 1 heterocycles. The standard InChI is InChI=1S/C22H27N3O4S/c1-3-30(28,29)25-15-13-24(14-16-25)17(2)22(27)23-20-12-8-7-11-19(20)21(26)18-9-5-4-6-10-18/h4-12,17H,3,13-16H2,1-2H3,(H,23,27). The largest absolute Gasteiger partial charge is 0.324 e. The van der Waals surface area contributed by atoms with E-state index in [1.54, 1.807) is 62.4 Å². The van der Waals surface area contributed by atoms with Crippen LogP contribution in [0.1, 0.15) is 29.8 Å². The van der Waals surface area contributed by atoms with Crippen LogP contribution in [-0.2, 0) is 14.8 Å². The summed E-state index contributed by atoms with van der Waals surface area (Å²) in [5.74, 6) is -0.303. The highest BCUT2D eigenvalue weighted by atomic mass is 32.2. The van der Waals surface area contributed by atoms with Gasteiger partial charge in [-0.05, 0) is 26.0 Å². The van der Waals surface area contributed by atoms with Gasteiger partial charge in [-0.2, -0.15) is 4.31 Å². The SMILES string of the molecule is CCS(=O)(=O)N1CCN(C(C)C(=O)Nc2ccccc2C(=O)c2ccccc2)CC1. The van der Waals surface area contributed by atoms with Crippen molar-refractivity contribution in [3.8, 4) is 0 Å². The summed E-state index contributed by atoms with van der Waals surface area (Å²) in [6.07, 6.45) is 0. The number of ketones is 1. The molecule has 1 aliphatic heterocycles. The second-order valence-corrected chi connectivity index (χ2v) is 9.50. The minimum Gasteiger partial charge on any atom is -0.324 e. The van der Waals surface area contributed by atoms with E-state index in [2.05, 4.69) is 5.32 Å². The molecule has 0 aromatic heterocycles. The van der Waals surface area contributed by atoms with Gasteiger partial charge in [0.2, 0.25) is 15.9 Å². The van der Waals surface area contributed by atoms with Crippen LogP contribution in [0.4, 0.5) is 5.69 Å². The zero-order valence-corrected chi connectivity index (χ0v) is 18.1. The number of nitrogens with one attached hydrogen (secondary N) is 1. The predicted octanol–water partition coefficient (Wildman–Crippen LogP) is 2.21. The van der Waals surface area contributed by atoms with Crippen LogP contribution in [-0.4, -0.2) is 67.3 Å². The Morgan fingerprint density at radius 3 is 2.20 bits per heavy atom. The summed E-state index contributed by atoms with van der Waals surface area (Å²) < 4.78 is 25.5. The molecule has 2 aromatic carbocycles. The fourth-order valence-electron chi connectivity index (χ4n) is 3.49. The van der Waals surface area contributed by atoms with Crippen molar-refractivity contribution in [1.29, 1.82) is 0 Å². The van der Waals surface area contributed by atoms with Crippen LogP contribution >= 0.6 is 0 Å². The van der Waals surface area contributed by atoms with Crippen molar-refractivity contribution in [2.75, 3.05) is 37.2 Å². The Balaban J connectivity index is 1.68. The van der Waals surface area contributed by atoms with Gasteiger partial charge in [-0.15, -0.1) is 0 Å². The number of carbonyl (C=O) groups is 2. The van der Waals surface area contributed by atoms with E-state index >= 15 is 0 Å². The summed E-state index contributed by atoms with van der Waals surface area (Å²) in [4.78, 5) is 27.7. The highest BCUT2D eigenvalue weighted by molar-refractivity contribution is 7.89. The van der Waals surface area contributed by atoms with E-state index in [4.69, 9.17) is 0 Å². The Bertz CT molecular complexity index is 1000. The summed E-state index contributed by atoms with van der Waals surface area (Å²) in [6.45, 7) is 5.14. The molecular weight excluding hydrogens is 402 g/mol. The number of benzene rings is 2. The van der Waals surface area contributed by atoms with Crippen LogP contribution in [0.15, 0.2) is 54.6 Å². The minimum absolute atomic E-state index is 0.0786. The fourth-order valence-corrected chi connectivity index (χ4v) is 4.57. The van der Waals surface area contributed by atoms with E-state index in [0.717, 1.165) is 0 Å². The molecule has 2 aromatic rings. The number of anilines is 1. The van der Waals surface area contributed by atoms with Crippen LogP contribution in [0.3, 0.4) is 0 Å². The fraction of sp³-hybridized carbons (Fsp3) is 0.364. The first-order valence-corrected chi connectivity index (χ1v) is 11.7. The molecule has 7 nitrogen and oxygen atoms in total. The lowest BCUT2D eigenvalue weighted by Gasteiger charge is -2.36. The Hall–Kier alpha value is -2.55. The van der Waals surface area contributed by atoms with Gasteiger partial charge in [0.25, 0.3) is 0 Å². The molecule has 0 bridgehead atoms. The monoisotopic (exact) mass is 429 g/mol. The van der Waals surface area contributed by atoms with E-state index in [9.17, 15) is 18.0 Å². The second-order valence-electron chi connectivity index (χ2n) is 7.24. The molecule has 1 aliphatic rings. The zero-order chi connectivity index (χ0) is 21.7. The van der Waals surface area contributed by atoms with Gasteiger partial charge >= 0.3 is 0 Å². The van der Waals surface area contributed by atoms with Crippen LogP contribution in [0.2, 0.25) is 0 Å². The van der Waals surface area contributed by atoms with E-state index in [1.807, 2.05) is 11.0 Å². The number of nitrogens with zero attached hydrogens (tertiary/aromatic N) is 2. The summed E-state index contributed by atoms with van der Waals surface area (Å²) in [6, 6.07) is 15.4. The van der Waals surface area contributed by atoms with Crippen LogP contribution < -0.4 is 5.32 Å². The number of hydrogen-bond acceptors (Lipinski definition) is 5. The van der Waals surface area contributed by atoms with E-state index in [1.165, 1.54) is 4.31 Å². The molecule has 1 atom stereocenters. The topological polar surface area (TPSA) is 86.8 Å². The molecule has 0 saturated carbocycles. The van der Waals surface area contributed by atoms with Gasteiger partial charge < -0.3 is 5.32 Å². The lowest BCUT2D eigenvalue weighted by molar-refractivity contribution is -0.121. The molecule has 30 heavy (non-hydrogen) atoms. The first-order valence-electron chi connectivity index (χ1n) is 10.0. The van der Waals surface area contributed by atoms with Gasteiger partial charge in [-0.1, -0.05) is 42.5 Å². The molecule has 160 valence electrons. The average molecular weight is 430 g/mol. The van der Waals surface area contributed by atoms with Gasteiger partial charge in [-0.25, -0.2) is 8.42 Å². The Kier molecular flexibility index (Phi) is 7.02. The highest BCUT2D eigenvalue weighted by Crippen LogP contribution is 2.20. The number of amides is 1. The average Bonchev–Trinajstić information content (AvgIpc) is 2.79. The maximum absolute atomic E-state index is 12.9. The third kappa shape index (κ3) is 4.95. The lowest BCUT2D eigenvalue weighted by Crippen LogP contribution is -2.54. The normalized spacial score (nSPS) is 16.7. The van der Waals surface area contributed by atoms with Crippen molar-refractivity contribution in [1.82, 2.24) is 9.21 Å². The van der Waals surface area contributed by atoms with Gasteiger partial charge in [0.1, 0.15) is 0 Å². The molecule has 1 fully saturated rings. The molecule has 0 aliphatic carbocycles. The molecule has 0 radical (unpaired) electrons. The van der Waals surface area contributed by atoms with Crippen molar-refractivity contribution in [2.45, 2.75) is 19.9 Å². The molecule has 8 heteroatoms. The zero-order valence-electron chi connectivity index (χ0n) is 17.2. The number of piperazine rings is 1. The van der Waals surface area contributed by atoms with Crippen molar-refractivity contribution in [3.63, 3.8) is 0 Å². The number of sulfonamides is 1. The molecule has 1 saturated heterocycles. The lowest BCUT2D eigenvalue weighted by atomic mass is 10.0. The van der Waals surface area contributed by atoms with Crippen molar-refractivity contribution in [2.24, 2.45) is 0 Å². The van der Waals surface area contributed by atoms with Crippen molar-refractivity contribution in [3.05, 3.63) is 65.7 Å². The van der Waals surface area contributed by atoms with Crippen LogP contribution in [0, 0.1) is 0 Å². The molecule has 0 spiro atoms. The molecular formula is C22H27N3O4S. The predicted molar refractivity (Wildman–Crippen MR) is 117 cm³/mol. The molecule has 1 N–H and O–H groups in total. The summed E-state index contributed by atoms with van der Waals surface area (Å²) in [5, 5.41) is 2.88. The maximum Gasteiger partial charge on any atom is 0.241 e. The van der Waals surface area contributed by atoms with E-state index in [-0.39, 0.29) is 17.4 Å². The van der Waals surface area contributed by atoms with Crippen LogP contribution in [0.5, 0.6) is 0 Å². The summed E-state index contributed by atoms with van der Waals surface area (Å²) >= 11 is 0. The Morgan fingerprint density at radius 2 is 1.57 bits per heavy atom. The Labute approximate surface area is 177 Å². The van der Waals surface area contributed by atoms with Gasteiger partial charge in [0.15, 0.2) is 5.78 Å². The Morgan fingerprint density at radius 1 is 0.967 bits per heavy atom. The number of carbonyl (C=O) groups excluding carboxylic acids is 2. The number of hydrogen-bond donors (Lipinski definition) is 1. The third-order valence-electron chi connectivity index (χ3n) is 5.42. The van der Waals surface area contributed by atoms with Gasteiger partial charge in [-0.3, -0.25) is 14.5 Å². The summed E-state index contributed by atoms with van der Waals surface area (Å²) in [5.41, 5.74) is 1.46. The molecule has 3 rings (SSSR count). The highest BCUT2D eigenvalue weighted by Gasteiger charge is 2.30. The third-order valence-corrected chi connectivity index (χ3v) is 7.31. The van der Waals surface area contributed by atoms with Gasteiger partial charge in [0, 0.05) is 37.3 Å². The smallest absolute Gasteiger partial charge is 0.241 e. The van der Waals surface area contributed by atoms with Crippen molar-refractivity contribution < 1.29 is 18.0 Å². The molecule has 1 unspecified atom stereocenters. The number of para-hydroxylation sites is 1.